The number of hydrogen-bond donors (Lipinski definition) is 2. The number of aliphatic hydroxyl groups excluding tert-OH is 1. The van der Waals surface area contributed by atoms with E-state index in [2.05, 4.69) is 10.3 Å². The smallest absolute Gasteiger partial charge is 0.296 e. The zero-order chi connectivity index (χ0) is 25.4. The summed E-state index contributed by atoms with van der Waals surface area (Å²) in [6.45, 7) is 5.11. The lowest BCUT2D eigenvalue weighted by molar-refractivity contribution is -0.125. The average molecular weight is 516 g/mol. The van der Waals surface area contributed by atoms with Crippen molar-refractivity contribution in [2.24, 2.45) is 5.92 Å². The van der Waals surface area contributed by atoms with E-state index in [1.807, 2.05) is 13.8 Å². The summed E-state index contributed by atoms with van der Waals surface area (Å²) in [6.07, 6.45) is 0.317. The maximum atomic E-state index is 13.8. The first kappa shape index (κ1) is 24.8. The van der Waals surface area contributed by atoms with Crippen molar-refractivity contribution in [3.05, 3.63) is 70.2 Å². The molecule has 2 unspecified atom stereocenters. The van der Waals surface area contributed by atoms with E-state index in [9.17, 15) is 23.9 Å². The molecule has 0 spiro atoms. The number of aromatic nitrogens is 1. The van der Waals surface area contributed by atoms with Crippen molar-refractivity contribution >= 4 is 55.9 Å². The SMILES string of the molecule is CC(=O)NC(CC(C)C)C(=O)C1=C(O)C(=O)N(c2nc3ccc(F)cc3s2)C1c1ccc(Cl)cc1. The molecule has 0 aliphatic carbocycles. The zero-order valence-corrected chi connectivity index (χ0v) is 20.8. The molecule has 0 saturated heterocycles. The van der Waals surface area contributed by atoms with Gasteiger partial charge in [0, 0.05) is 11.9 Å². The molecule has 182 valence electrons. The van der Waals surface area contributed by atoms with Crippen LogP contribution in [0.5, 0.6) is 0 Å². The van der Waals surface area contributed by atoms with Gasteiger partial charge in [-0.1, -0.05) is 48.9 Å². The summed E-state index contributed by atoms with van der Waals surface area (Å²) in [7, 11) is 0. The van der Waals surface area contributed by atoms with E-state index in [0.717, 1.165) is 11.3 Å². The van der Waals surface area contributed by atoms with E-state index >= 15 is 0 Å². The van der Waals surface area contributed by atoms with E-state index in [1.165, 1.54) is 30.0 Å². The summed E-state index contributed by atoms with van der Waals surface area (Å²) in [5.74, 6) is -2.87. The number of halogens is 2. The van der Waals surface area contributed by atoms with Gasteiger partial charge in [0.15, 0.2) is 16.7 Å². The predicted octanol–water partition coefficient (Wildman–Crippen LogP) is 5.11. The van der Waals surface area contributed by atoms with Gasteiger partial charge in [-0.25, -0.2) is 9.37 Å². The molecule has 7 nitrogen and oxygen atoms in total. The van der Waals surface area contributed by atoms with Gasteiger partial charge in [-0.05, 0) is 48.2 Å². The number of fused-ring (bicyclic) bond motifs is 1. The molecule has 2 atom stereocenters. The van der Waals surface area contributed by atoms with E-state index in [4.69, 9.17) is 11.6 Å². The minimum absolute atomic E-state index is 0.0555. The second-order valence-electron chi connectivity index (χ2n) is 8.75. The van der Waals surface area contributed by atoms with Crippen LogP contribution in [0.3, 0.4) is 0 Å². The van der Waals surface area contributed by atoms with Crippen LogP contribution >= 0.6 is 22.9 Å². The van der Waals surface area contributed by atoms with E-state index in [1.54, 1.807) is 24.3 Å². The first-order valence-electron chi connectivity index (χ1n) is 11.0. The Bertz CT molecular complexity index is 1350. The van der Waals surface area contributed by atoms with E-state index in [0.29, 0.717) is 27.2 Å². The molecule has 1 aliphatic rings. The quantitative estimate of drug-likeness (QED) is 0.455. The highest BCUT2D eigenvalue weighted by atomic mass is 35.5. The van der Waals surface area contributed by atoms with Gasteiger partial charge in [-0.3, -0.25) is 19.3 Å². The summed E-state index contributed by atoms with van der Waals surface area (Å²) in [5, 5.41) is 14.2. The maximum Gasteiger partial charge on any atom is 0.296 e. The van der Waals surface area contributed by atoms with Crippen LogP contribution in [0.25, 0.3) is 10.2 Å². The van der Waals surface area contributed by atoms with Crippen molar-refractivity contribution in [2.45, 2.75) is 39.3 Å². The summed E-state index contributed by atoms with van der Waals surface area (Å²) in [5.41, 5.74) is 0.859. The van der Waals surface area contributed by atoms with Crippen molar-refractivity contribution < 1.29 is 23.9 Å². The molecule has 0 bridgehead atoms. The molecule has 1 aromatic heterocycles. The molecule has 2 aromatic carbocycles. The fourth-order valence-electron chi connectivity index (χ4n) is 4.14. The topological polar surface area (TPSA) is 99.6 Å². The molecule has 3 aromatic rings. The number of anilines is 1. The first-order chi connectivity index (χ1) is 16.6. The Balaban J connectivity index is 1.85. The third-order valence-electron chi connectivity index (χ3n) is 5.61. The van der Waals surface area contributed by atoms with Crippen molar-refractivity contribution in [3.63, 3.8) is 0 Å². The fourth-order valence-corrected chi connectivity index (χ4v) is 5.28. The minimum Gasteiger partial charge on any atom is -0.503 e. The number of nitrogens with zero attached hydrogens (tertiary/aromatic N) is 2. The monoisotopic (exact) mass is 515 g/mol. The minimum atomic E-state index is -1.01. The lowest BCUT2D eigenvalue weighted by Crippen LogP contribution is -2.42. The van der Waals surface area contributed by atoms with Gasteiger partial charge < -0.3 is 10.4 Å². The Morgan fingerprint density at radius 1 is 1.23 bits per heavy atom. The summed E-state index contributed by atoms with van der Waals surface area (Å²) in [4.78, 5) is 44.6. The van der Waals surface area contributed by atoms with Crippen LogP contribution in [0, 0.1) is 11.7 Å². The second kappa shape index (κ2) is 9.75. The van der Waals surface area contributed by atoms with Gasteiger partial charge in [-0.15, -0.1) is 0 Å². The van der Waals surface area contributed by atoms with Crippen LogP contribution in [0.4, 0.5) is 9.52 Å². The molecule has 0 fully saturated rings. The van der Waals surface area contributed by atoms with Crippen LogP contribution in [-0.2, 0) is 14.4 Å². The predicted molar refractivity (Wildman–Crippen MR) is 133 cm³/mol. The summed E-state index contributed by atoms with van der Waals surface area (Å²) < 4.78 is 14.3. The van der Waals surface area contributed by atoms with Crippen LogP contribution < -0.4 is 10.2 Å². The second-order valence-corrected chi connectivity index (χ2v) is 10.2. The number of rotatable bonds is 7. The Morgan fingerprint density at radius 3 is 2.54 bits per heavy atom. The van der Waals surface area contributed by atoms with Gasteiger partial charge in [0.1, 0.15) is 5.82 Å². The van der Waals surface area contributed by atoms with Gasteiger partial charge in [0.25, 0.3) is 5.91 Å². The lowest BCUT2D eigenvalue weighted by Gasteiger charge is -2.26. The van der Waals surface area contributed by atoms with E-state index in [-0.39, 0.29) is 16.6 Å². The number of Topliss-reactive ketones (excluding diaryl/α,β-unsaturated/α-hetero) is 1. The molecular weight excluding hydrogens is 493 g/mol. The van der Waals surface area contributed by atoms with Crippen molar-refractivity contribution in [1.82, 2.24) is 10.3 Å². The Labute approximate surface area is 210 Å². The maximum absolute atomic E-state index is 13.8. The molecule has 10 heteroatoms. The number of thiazole rings is 1. The van der Waals surface area contributed by atoms with Gasteiger partial charge >= 0.3 is 0 Å². The molecule has 35 heavy (non-hydrogen) atoms. The molecule has 2 amide bonds. The van der Waals surface area contributed by atoms with Gasteiger partial charge in [0.2, 0.25) is 5.91 Å². The molecule has 2 N–H and O–H groups in total. The number of benzene rings is 2. The number of aliphatic hydroxyl groups is 1. The van der Waals surface area contributed by atoms with Crippen LogP contribution in [0.15, 0.2) is 53.8 Å². The molecule has 2 heterocycles. The van der Waals surface area contributed by atoms with Crippen molar-refractivity contribution in [3.8, 4) is 0 Å². The van der Waals surface area contributed by atoms with Gasteiger partial charge in [0.05, 0.1) is 27.9 Å². The van der Waals surface area contributed by atoms with Crippen LogP contribution in [0.2, 0.25) is 5.02 Å². The largest absolute Gasteiger partial charge is 0.503 e. The molecule has 0 saturated carbocycles. The summed E-state index contributed by atoms with van der Waals surface area (Å²) in [6, 6.07) is 8.67. The number of carbonyl (C=O) groups excluding carboxylic acids is 3. The third-order valence-corrected chi connectivity index (χ3v) is 6.88. The first-order valence-corrected chi connectivity index (χ1v) is 12.2. The number of carbonyl (C=O) groups is 3. The standard InChI is InChI=1S/C25H23ClFN3O4S/c1-12(2)10-18(28-13(3)31)22(32)20-21(14-4-6-15(26)7-5-14)30(24(34)23(20)33)25-29-17-9-8-16(27)11-19(17)35-25/h4-9,11-12,18,21,33H,10H2,1-3H3,(H,28,31). The molecular formula is C25H23ClFN3O4S. The molecule has 0 radical (unpaired) electrons. The number of amides is 2. The lowest BCUT2D eigenvalue weighted by atomic mass is 9.89. The highest BCUT2D eigenvalue weighted by Gasteiger charge is 2.47. The van der Waals surface area contributed by atoms with Crippen LogP contribution in [0.1, 0.15) is 38.8 Å². The van der Waals surface area contributed by atoms with E-state index < -0.39 is 41.3 Å². The third kappa shape index (κ3) is 4.92. The highest BCUT2D eigenvalue weighted by molar-refractivity contribution is 7.22. The Morgan fingerprint density at radius 2 is 1.91 bits per heavy atom. The molecule has 1 aliphatic heterocycles. The number of hydrogen-bond acceptors (Lipinski definition) is 6. The molecule has 4 rings (SSSR count). The normalized spacial score (nSPS) is 16.9. The van der Waals surface area contributed by atoms with Crippen LogP contribution in [-0.4, -0.2) is 33.7 Å². The number of nitrogens with one attached hydrogen (secondary N) is 1. The Kier molecular flexibility index (Phi) is 6.91. The highest BCUT2D eigenvalue weighted by Crippen LogP contribution is 2.44. The van der Waals surface area contributed by atoms with Crippen molar-refractivity contribution in [1.29, 1.82) is 0 Å². The van der Waals surface area contributed by atoms with Crippen molar-refractivity contribution in [2.75, 3.05) is 4.90 Å². The zero-order valence-electron chi connectivity index (χ0n) is 19.2. The number of ketones is 1. The average Bonchev–Trinajstić information content (AvgIpc) is 3.30. The Hall–Kier alpha value is -3.30. The van der Waals surface area contributed by atoms with Gasteiger partial charge in [-0.2, -0.15) is 0 Å². The summed E-state index contributed by atoms with van der Waals surface area (Å²) >= 11 is 7.13. The fraction of sp³-hybridized carbons (Fsp3) is 0.280.